The molecule has 4 nitrogen and oxygen atoms in total. The Kier molecular flexibility index (Phi) is 4.80. The molecule has 6 aromatic rings. The Labute approximate surface area is 233 Å². The molecular weight excluding hydrogens is 488 g/mol. The van der Waals surface area contributed by atoms with Crippen molar-refractivity contribution >= 4 is 38.9 Å². The van der Waals surface area contributed by atoms with E-state index in [1.807, 2.05) is 24.3 Å². The van der Waals surface area contributed by atoms with E-state index in [-0.39, 0.29) is 5.41 Å². The first-order valence-electron chi connectivity index (χ1n) is 13.9. The first kappa shape index (κ1) is 23.1. The number of nitrogens with one attached hydrogen (secondary N) is 1. The van der Waals surface area contributed by atoms with Crippen molar-refractivity contribution in [1.29, 1.82) is 5.26 Å². The lowest BCUT2D eigenvalue weighted by Crippen LogP contribution is -2.26. The number of para-hydroxylation sites is 2. The second-order valence-electron chi connectivity index (χ2n) is 11.4. The van der Waals surface area contributed by atoms with E-state index in [0.717, 1.165) is 23.6 Å². The lowest BCUT2D eigenvalue weighted by Gasteiger charge is -2.34. The molecule has 1 aromatic heterocycles. The summed E-state index contributed by atoms with van der Waals surface area (Å²) in [6.45, 7) is 5.71. The van der Waals surface area contributed by atoms with Gasteiger partial charge < -0.3 is 14.8 Å². The van der Waals surface area contributed by atoms with Gasteiger partial charge in [-0.25, -0.2) is 0 Å². The van der Waals surface area contributed by atoms with Gasteiger partial charge >= 0.3 is 0 Å². The largest absolute Gasteiger partial charge is 0.310 e. The van der Waals surface area contributed by atoms with Crippen LogP contribution in [0.3, 0.4) is 0 Å². The van der Waals surface area contributed by atoms with Gasteiger partial charge in [0.15, 0.2) is 0 Å². The van der Waals surface area contributed by atoms with Crippen molar-refractivity contribution < 1.29 is 0 Å². The Morgan fingerprint density at radius 2 is 1.45 bits per heavy atom. The summed E-state index contributed by atoms with van der Waals surface area (Å²) in [5.41, 5.74) is 11.6. The second kappa shape index (κ2) is 8.32. The molecule has 2 aliphatic rings. The Hall–Kier alpha value is -4.85. The van der Waals surface area contributed by atoms with Gasteiger partial charge in [-0.15, -0.1) is 0 Å². The quantitative estimate of drug-likeness (QED) is 0.239. The number of hydrogen-bond donors (Lipinski definition) is 1. The van der Waals surface area contributed by atoms with E-state index < -0.39 is 0 Å². The molecule has 0 amide bonds. The van der Waals surface area contributed by atoms with Gasteiger partial charge in [0.05, 0.1) is 28.4 Å². The van der Waals surface area contributed by atoms with E-state index in [0.29, 0.717) is 11.6 Å². The van der Waals surface area contributed by atoms with Crippen LogP contribution >= 0.6 is 0 Å². The minimum atomic E-state index is -0.0873. The summed E-state index contributed by atoms with van der Waals surface area (Å²) in [5, 5.41) is 15.3. The standard InChI is InChI=1S/C36H28N4/c1-36(2)30-7-3-4-9-34(30)40-33-19-18-27(20-29(33)28-6-5-8-31(36)35(28)40)39(25-14-10-23(21-37)11-15-25)26-16-12-24(13-17-26)32-22-38-32/h3-20,32,38H,22H2,1-2H3. The molecule has 0 radical (unpaired) electrons. The zero-order valence-corrected chi connectivity index (χ0v) is 22.5. The van der Waals surface area contributed by atoms with Crippen LogP contribution in [0.25, 0.3) is 27.5 Å². The van der Waals surface area contributed by atoms with Gasteiger partial charge in [-0.05, 0) is 77.4 Å². The fraction of sp³-hybridized carbons (Fsp3) is 0.139. The maximum atomic E-state index is 9.40. The Morgan fingerprint density at radius 1 is 0.775 bits per heavy atom. The number of benzene rings is 5. The Morgan fingerprint density at radius 3 is 2.17 bits per heavy atom. The molecule has 0 aliphatic carbocycles. The summed E-state index contributed by atoms with van der Waals surface area (Å²) in [7, 11) is 0. The molecule has 4 heteroatoms. The van der Waals surface area contributed by atoms with Crippen LogP contribution in [0.1, 0.15) is 42.1 Å². The fourth-order valence-corrected chi connectivity index (χ4v) is 6.58. The van der Waals surface area contributed by atoms with Crippen LogP contribution in [0, 0.1) is 11.3 Å². The molecule has 8 rings (SSSR count). The molecule has 5 aromatic carbocycles. The first-order valence-corrected chi connectivity index (χ1v) is 13.9. The molecule has 2 aliphatic heterocycles. The molecule has 192 valence electrons. The van der Waals surface area contributed by atoms with Crippen LogP contribution in [-0.2, 0) is 5.41 Å². The predicted octanol–water partition coefficient (Wildman–Crippen LogP) is 8.41. The van der Waals surface area contributed by atoms with Gasteiger partial charge in [0, 0.05) is 45.8 Å². The topological polar surface area (TPSA) is 53.9 Å². The minimum Gasteiger partial charge on any atom is -0.310 e. The number of rotatable bonds is 4. The van der Waals surface area contributed by atoms with Crippen molar-refractivity contribution in [2.24, 2.45) is 0 Å². The van der Waals surface area contributed by atoms with E-state index in [4.69, 9.17) is 0 Å². The van der Waals surface area contributed by atoms with E-state index in [1.54, 1.807) is 0 Å². The third kappa shape index (κ3) is 3.28. The van der Waals surface area contributed by atoms with Crippen LogP contribution < -0.4 is 10.2 Å². The van der Waals surface area contributed by atoms with Crippen molar-refractivity contribution in [3.8, 4) is 11.8 Å². The molecule has 1 fully saturated rings. The lowest BCUT2D eigenvalue weighted by atomic mass is 9.75. The predicted molar refractivity (Wildman–Crippen MR) is 163 cm³/mol. The summed E-state index contributed by atoms with van der Waals surface area (Å²) in [4.78, 5) is 2.29. The summed E-state index contributed by atoms with van der Waals surface area (Å²) in [6, 6.07) is 41.8. The summed E-state index contributed by atoms with van der Waals surface area (Å²) in [6.07, 6.45) is 0. The monoisotopic (exact) mass is 516 g/mol. The highest BCUT2D eigenvalue weighted by atomic mass is 15.1. The van der Waals surface area contributed by atoms with Crippen LogP contribution in [0.2, 0.25) is 0 Å². The van der Waals surface area contributed by atoms with Gasteiger partial charge in [0.1, 0.15) is 0 Å². The number of fused-ring (bicyclic) bond motifs is 5. The maximum Gasteiger partial charge on any atom is 0.0991 e. The van der Waals surface area contributed by atoms with E-state index >= 15 is 0 Å². The third-order valence-corrected chi connectivity index (χ3v) is 8.74. The van der Waals surface area contributed by atoms with Crippen molar-refractivity contribution in [3.63, 3.8) is 0 Å². The van der Waals surface area contributed by atoms with Gasteiger partial charge in [0.25, 0.3) is 0 Å². The van der Waals surface area contributed by atoms with Crippen LogP contribution in [-0.4, -0.2) is 11.1 Å². The highest BCUT2D eigenvalue weighted by molar-refractivity contribution is 6.12. The molecular formula is C36H28N4. The molecule has 0 spiro atoms. The number of nitriles is 1. The van der Waals surface area contributed by atoms with Gasteiger partial charge in [0.2, 0.25) is 0 Å². The minimum absolute atomic E-state index is 0.0873. The maximum absolute atomic E-state index is 9.40. The van der Waals surface area contributed by atoms with Gasteiger partial charge in [-0.1, -0.05) is 62.4 Å². The molecule has 1 unspecified atom stereocenters. The zero-order valence-electron chi connectivity index (χ0n) is 22.5. The van der Waals surface area contributed by atoms with Crippen molar-refractivity contribution in [2.75, 3.05) is 11.4 Å². The first-order chi connectivity index (χ1) is 19.5. The molecule has 1 N–H and O–H groups in total. The van der Waals surface area contributed by atoms with E-state index in [9.17, 15) is 5.26 Å². The number of aromatic nitrogens is 1. The average molecular weight is 517 g/mol. The summed E-state index contributed by atoms with van der Waals surface area (Å²) in [5.74, 6) is 0. The molecule has 40 heavy (non-hydrogen) atoms. The number of nitrogens with zero attached hydrogens (tertiary/aromatic N) is 3. The van der Waals surface area contributed by atoms with Crippen molar-refractivity contribution in [2.45, 2.75) is 25.3 Å². The summed E-state index contributed by atoms with van der Waals surface area (Å²) >= 11 is 0. The molecule has 3 heterocycles. The van der Waals surface area contributed by atoms with E-state index in [1.165, 1.54) is 44.2 Å². The smallest absolute Gasteiger partial charge is 0.0991 e. The van der Waals surface area contributed by atoms with Crippen LogP contribution in [0.5, 0.6) is 0 Å². The van der Waals surface area contributed by atoms with Gasteiger partial charge in [-0.3, -0.25) is 0 Å². The van der Waals surface area contributed by atoms with Crippen molar-refractivity contribution in [3.05, 3.63) is 131 Å². The van der Waals surface area contributed by atoms with Crippen LogP contribution in [0.4, 0.5) is 17.1 Å². The highest BCUT2D eigenvalue weighted by Gasteiger charge is 2.34. The Balaban J connectivity index is 1.37. The number of hydrogen-bond acceptors (Lipinski definition) is 3. The molecule has 0 bridgehead atoms. The fourth-order valence-electron chi connectivity index (χ4n) is 6.58. The molecule has 0 saturated carbocycles. The second-order valence-corrected chi connectivity index (χ2v) is 11.4. The number of anilines is 3. The SMILES string of the molecule is CC1(C)c2ccccc2-n2c3ccc(N(c4ccc(C#N)cc4)c4ccc(C5CN5)cc4)cc3c3cccc1c32. The average Bonchev–Trinajstić information content (AvgIpc) is 3.79. The van der Waals surface area contributed by atoms with E-state index in [2.05, 4.69) is 120 Å². The summed E-state index contributed by atoms with van der Waals surface area (Å²) < 4.78 is 2.45. The van der Waals surface area contributed by atoms with Crippen LogP contribution in [0.15, 0.2) is 109 Å². The highest BCUT2D eigenvalue weighted by Crippen LogP contribution is 2.48. The molecule has 1 saturated heterocycles. The third-order valence-electron chi connectivity index (χ3n) is 8.74. The van der Waals surface area contributed by atoms with Gasteiger partial charge in [-0.2, -0.15) is 5.26 Å². The lowest BCUT2D eigenvalue weighted by molar-refractivity contribution is 0.630. The normalized spacial score (nSPS) is 16.5. The zero-order chi connectivity index (χ0) is 27.0. The Bertz CT molecular complexity index is 1980. The molecule has 1 atom stereocenters. The van der Waals surface area contributed by atoms with Crippen molar-refractivity contribution in [1.82, 2.24) is 9.88 Å².